The summed E-state index contributed by atoms with van der Waals surface area (Å²) in [5.41, 5.74) is 4.64. The Morgan fingerprint density at radius 3 is 0.939 bits per heavy atom. The Kier molecular flexibility index (Phi) is 7.98. The van der Waals surface area contributed by atoms with E-state index in [1.807, 2.05) is 48.5 Å². The van der Waals surface area contributed by atoms with E-state index in [-0.39, 0.29) is 28.9 Å². The highest BCUT2D eigenvalue weighted by Gasteiger charge is 2.12. The Morgan fingerprint density at radius 1 is 0.455 bits per heavy atom. The lowest BCUT2D eigenvalue weighted by atomic mass is 9.89. The predicted octanol–water partition coefficient (Wildman–Crippen LogP) is 6.89. The molecule has 4 heteroatoms. The van der Waals surface area contributed by atoms with Crippen molar-refractivity contribution in [3.8, 4) is 23.0 Å². The van der Waals surface area contributed by atoms with Crippen LogP contribution >= 0.6 is 0 Å². The summed E-state index contributed by atoms with van der Waals surface area (Å²) in [5.74, 6) is 1.68. The molecule has 0 unspecified atom stereocenters. The number of phenolic OH excluding ortho intramolecular Hbond substituents is 4. The van der Waals surface area contributed by atoms with Gasteiger partial charge in [0, 0.05) is 11.8 Å². The van der Waals surface area contributed by atoms with Crippen LogP contribution in [0.2, 0.25) is 0 Å². The van der Waals surface area contributed by atoms with Gasteiger partial charge in [-0.15, -0.1) is 0 Å². The second-order valence-electron chi connectivity index (χ2n) is 8.05. The maximum Gasteiger partial charge on any atom is 0.115 e. The van der Waals surface area contributed by atoms with E-state index in [2.05, 4.69) is 13.8 Å². The van der Waals surface area contributed by atoms with E-state index in [0.717, 1.165) is 17.5 Å². The van der Waals surface area contributed by atoms with Crippen molar-refractivity contribution in [3.05, 3.63) is 119 Å². The molecule has 4 aromatic rings. The fourth-order valence-corrected chi connectivity index (χ4v) is 3.80. The topological polar surface area (TPSA) is 80.9 Å². The lowest BCUT2D eigenvalue weighted by molar-refractivity contribution is 0.474. The van der Waals surface area contributed by atoms with Gasteiger partial charge < -0.3 is 20.4 Å². The van der Waals surface area contributed by atoms with Gasteiger partial charge in [0.15, 0.2) is 0 Å². The smallest absolute Gasteiger partial charge is 0.115 e. The van der Waals surface area contributed by atoms with Crippen LogP contribution < -0.4 is 0 Å². The summed E-state index contributed by atoms with van der Waals surface area (Å²) in [4.78, 5) is 0. The van der Waals surface area contributed by atoms with Crippen LogP contribution in [0.1, 0.15) is 54.4 Å². The number of hydrogen-bond donors (Lipinski definition) is 4. The van der Waals surface area contributed by atoms with Gasteiger partial charge in [-0.05, 0) is 77.2 Å². The molecule has 0 bridgehead atoms. The molecule has 0 radical (unpaired) electrons. The molecule has 4 N–H and O–H groups in total. The van der Waals surface area contributed by atoms with Gasteiger partial charge in [-0.25, -0.2) is 0 Å². The maximum atomic E-state index is 9.29. The van der Waals surface area contributed by atoms with Crippen LogP contribution in [0, 0.1) is 0 Å². The van der Waals surface area contributed by atoms with E-state index in [9.17, 15) is 20.4 Å². The molecule has 0 saturated carbocycles. The van der Waals surface area contributed by atoms with Crippen LogP contribution in [0.3, 0.4) is 0 Å². The molecule has 0 fully saturated rings. The first-order valence-electron chi connectivity index (χ1n) is 11.0. The number of hydrogen-bond acceptors (Lipinski definition) is 4. The highest BCUT2D eigenvalue weighted by molar-refractivity contribution is 5.38. The van der Waals surface area contributed by atoms with E-state index >= 15 is 0 Å². The molecule has 0 aliphatic heterocycles. The Morgan fingerprint density at radius 2 is 0.697 bits per heavy atom. The third-order valence-corrected chi connectivity index (χ3v) is 5.79. The Balaban J connectivity index is 0.000000186. The van der Waals surface area contributed by atoms with Crippen molar-refractivity contribution in [3.63, 3.8) is 0 Å². The minimum Gasteiger partial charge on any atom is -0.508 e. The van der Waals surface area contributed by atoms with Crippen molar-refractivity contribution in [2.45, 2.75) is 32.1 Å². The second kappa shape index (κ2) is 11.1. The Labute approximate surface area is 195 Å². The van der Waals surface area contributed by atoms with Crippen molar-refractivity contribution in [2.75, 3.05) is 0 Å². The van der Waals surface area contributed by atoms with Crippen molar-refractivity contribution in [2.24, 2.45) is 0 Å². The fourth-order valence-electron chi connectivity index (χ4n) is 3.80. The van der Waals surface area contributed by atoms with E-state index in [4.69, 9.17) is 0 Å². The minimum atomic E-state index is 0.251. The predicted molar refractivity (Wildman–Crippen MR) is 132 cm³/mol. The lowest BCUT2D eigenvalue weighted by Gasteiger charge is -2.16. The van der Waals surface area contributed by atoms with Gasteiger partial charge in [-0.2, -0.15) is 0 Å². The summed E-state index contributed by atoms with van der Waals surface area (Å²) in [6.45, 7) is 4.23. The molecule has 0 heterocycles. The van der Waals surface area contributed by atoms with Gasteiger partial charge in [0.05, 0.1) is 0 Å². The number of aromatic hydroxyl groups is 4. The first-order valence-corrected chi connectivity index (χ1v) is 11.0. The van der Waals surface area contributed by atoms with Gasteiger partial charge in [-0.1, -0.05) is 62.4 Å². The zero-order chi connectivity index (χ0) is 23.8. The molecule has 0 spiro atoms. The summed E-state index contributed by atoms with van der Waals surface area (Å²) in [5, 5.41) is 37.0. The summed E-state index contributed by atoms with van der Waals surface area (Å²) < 4.78 is 0. The van der Waals surface area contributed by atoms with E-state index < -0.39 is 0 Å². The Hall–Kier alpha value is -3.92. The van der Waals surface area contributed by atoms with Gasteiger partial charge in [0.25, 0.3) is 0 Å². The molecular formula is C29H30O4. The monoisotopic (exact) mass is 442 g/mol. The van der Waals surface area contributed by atoms with Crippen LogP contribution in [0.4, 0.5) is 0 Å². The van der Waals surface area contributed by atoms with Crippen LogP contribution in [0.15, 0.2) is 97.1 Å². The minimum absolute atomic E-state index is 0.251. The standard InChI is InChI=1S/C15H16O2.C14H14O2/c1-2-15(11-3-7-13(16)8-4-11)12-5-9-14(17)10-6-12;1-10(11-2-6-13(15)7-3-11)12-4-8-14(16)9-5-12/h3-10,15-17H,2H2,1H3;2-10,15-16H,1H3. The summed E-state index contributed by atoms with van der Waals surface area (Å²) in [7, 11) is 0. The SMILES string of the molecule is CC(c1ccc(O)cc1)c1ccc(O)cc1.CCC(c1ccc(O)cc1)c1ccc(O)cc1. The maximum absolute atomic E-state index is 9.29. The quantitative estimate of drug-likeness (QED) is 0.271. The fraction of sp³-hybridized carbons (Fsp3) is 0.172. The van der Waals surface area contributed by atoms with Crippen molar-refractivity contribution in [1.82, 2.24) is 0 Å². The Bertz CT molecular complexity index is 1030. The molecule has 0 amide bonds. The molecule has 0 aliphatic rings. The normalized spacial score (nSPS) is 10.7. The third kappa shape index (κ3) is 6.53. The zero-order valence-corrected chi connectivity index (χ0v) is 18.9. The average molecular weight is 443 g/mol. The molecule has 0 aromatic heterocycles. The van der Waals surface area contributed by atoms with Gasteiger partial charge in [-0.3, -0.25) is 0 Å². The molecule has 0 atom stereocenters. The lowest BCUT2D eigenvalue weighted by Crippen LogP contribution is -1.98. The molecule has 4 aromatic carbocycles. The van der Waals surface area contributed by atoms with Crippen LogP contribution in [-0.2, 0) is 0 Å². The third-order valence-electron chi connectivity index (χ3n) is 5.79. The molecule has 33 heavy (non-hydrogen) atoms. The zero-order valence-electron chi connectivity index (χ0n) is 18.9. The first kappa shape index (κ1) is 23.7. The highest BCUT2D eigenvalue weighted by Crippen LogP contribution is 2.30. The molecule has 0 saturated heterocycles. The van der Waals surface area contributed by atoms with Crippen LogP contribution in [0.25, 0.3) is 0 Å². The second-order valence-corrected chi connectivity index (χ2v) is 8.05. The summed E-state index contributed by atoms with van der Waals surface area (Å²) in [6.07, 6.45) is 0.982. The van der Waals surface area contributed by atoms with Crippen LogP contribution in [0.5, 0.6) is 23.0 Å². The number of rotatable bonds is 5. The largest absolute Gasteiger partial charge is 0.508 e. The highest BCUT2D eigenvalue weighted by atomic mass is 16.3. The molecule has 0 aliphatic carbocycles. The van der Waals surface area contributed by atoms with E-state index in [1.54, 1.807) is 48.5 Å². The molecular weight excluding hydrogens is 412 g/mol. The van der Waals surface area contributed by atoms with Crippen LogP contribution in [-0.4, -0.2) is 20.4 Å². The van der Waals surface area contributed by atoms with Crippen molar-refractivity contribution < 1.29 is 20.4 Å². The number of benzene rings is 4. The van der Waals surface area contributed by atoms with Gasteiger partial charge >= 0.3 is 0 Å². The number of phenols is 4. The van der Waals surface area contributed by atoms with Gasteiger partial charge in [0.1, 0.15) is 23.0 Å². The van der Waals surface area contributed by atoms with Crippen molar-refractivity contribution >= 4 is 0 Å². The first-order chi connectivity index (χ1) is 15.9. The average Bonchev–Trinajstić information content (AvgIpc) is 2.83. The van der Waals surface area contributed by atoms with Gasteiger partial charge in [0.2, 0.25) is 0 Å². The molecule has 4 nitrogen and oxygen atoms in total. The molecule has 170 valence electrons. The van der Waals surface area contributed by atoms with E-state index in [1.165, 1.54) is 11.1 Å². The van der Waals surface area contributed by atoms with E-state index in [0.29, 0.717) is 5.92 Å². The summed E-state index contributed by atoms with van der Waals surface area (Å²) >= 11 is 0. The van der Waals surface area contributed by atoms with Crippen molar-refractivity contribution in [1.29, 1.82) is 0 Å². The molecule has 4 rings (SSSR count). The summed E-state index contributed by atoms with van der Waals surface area (Å²) in [6, 6.07) is 29.0.